The average molecular weight is 454 g/mol. The Morgan fingerprint density at radius 1 is 1.43 bits per heavy atom. The molecule has 2 heterocycles. The van der Waals surface area contributed by atoms with Crippen LogP contribution in [0.1, 0.15) is 33.6 Å². The van der Waals surface area contributed by atoms with E-state index in [-0.39, 0.29) is 6.09 Å². The lowest BCUT2D eigenvalue weighted by atomic mass is 9.98. The quantitative estimate of drug-likeness (QED) is 0.652. The Morgan fingerprint density at radius 2 is 2.09 bits per heavy atom. The fraction of sp³-hybridized carbons (Fsp3) is 0.667. The van der Waals surface area contributed by atoms with Gasteiger partial charge in [0.15, 0.2) is 5.15 Å². The highest BCUT2D eigenvalue weighted by molar-refractivity contribution is 14.1. The molecule has 0 aromatic carbocycles. The van der Waals surface area contributed by atoms with Crippen LogP contribution in [0.25, 0.3) is 0 Å². The van der Waals surface area contributed by atoms with E-state index in [4.69, 9.17) is 21.1 Å². The first-order valence-electron chi connectivity index (χ1n) is 7.53. The van der Waals surface area contributed by atoms with Gasteiger partial charge in [-0.1, -0.05) is 11.6 Å². The molecule has 1 saturated heterocycles. The molecule has 1 aromatic heterocycles. The molecule has 1 aromatic rings. The Balaban J connectivity index is 1.76. The largest absolute Gasteiger partial charge is 0.476 e. The summed E-state index contributed by atoms with van der Waals surface area (Å²) in [5.41, 5.74) is -0.459. The maximum atomic E-state index is 12.0. The summed E-state index contributed by atoms with van der Waals surface area (Å²) in [6.45, 7) is 7.54. The van der Waals surface area contributed by atoms with E-state index in [1.54, 1.807) is 11.1 Å². The zero-order chi connectivity index (χ0) is 17.0. The molecule has 128 valence electrons. The third-order valence-electron chi connectivity index (χ3n) is 3.40. The average Bonchev–Trinajstić information content (AvgIpc) is 2.47. The van der Waals surface area contributed by atoms with E-state index in [1.807, 2.05) is 43.4 Å². The van der Waals surface area contributed by atoms with Crippen LogP contribution in [-0.4, -0.2) is 46.3 Å². The number of carbonyl (C=O) groups is 1. The molecule has 1 aliphatic heterocycles. The molecule has 0 N–H and O–H groups in total. The van der Waals surface area contributed by atoms with E-state index in [9.17, 15) is 4.79 Å². The maximum absolute atomic E-state index is 12.0. The monoisotopic (exact) mass is 453 g/mol. The molecule has 23 heavy (non-hydrogen) atoms. The lowest BCUT2D eigenvalue weighted by molar-refractivity contribution is 0.0164. The maximum Gasteiger partial charge on any atom is 0.410 e. The standard InChI is InChI=1S/C15H21ClIN3O3/c1-15(2,3)23-14(21)20-6-4-10(5-7-20)9-22-11-8-18-13(17)12(16)19-11/h8,10H,4-7,9H2,1-3H3. The van der Waals surface area contributed by atoms with Gasteiger partial charge in [0.05, 0.1) is 12.8 Å². The normalized spacial score (nSPS) is 16.3. The smallest absolute Gasteiger partial charge is 0.410 e. The van der Waals surface area contributed by atoms with Crippen LogP contribution in [0.15, 0.2) is 6.20 Å². The molecule has 2 rings (SSSR count). The number of piperidine rings is 1. The van der Waals surface area contributed by atoms with Gasteiger partial charge in [0, 0.05) is 13.1 Å². The second-order valence-electron chi connectivity index (χ2n) is 6.51. The van der Waals surface area contributed by atoms with Crippen molar-refractivity contribution < 1.29 is 14.3 Å². The van der Waals surface area contributed by atoms with E-state index in [0.717, 1.165) is 12.8 Å². The van der Waals surface area contributed by atoms with Gasteiger partial charge in [0.2, 0.25) is 5.88 Å². The summed E-state index contributed by atoms with van der Waals surface area (Å²) in [5.74, 6) is 0.818. The first kappa shape index (κ1) is 18.5. The van der Waals surface area contributed by atoms with Crippen LogP contribution in [0.4, 0.5) is 4.79 Å². The number of aromatic nitrogens is 2. The van der Waals surface area contributed by atoms with Gasteiger partial charge in [-0.2, -0.15) is 4.98 Å². The van der Waals surface area contributed by atoms with Crippen molar-refractivity contribution >= 4 is 40.3 Å². The van der Waals surface area contributed by atoms with Crippen molar-refractivity contribution in [2.75, 3.05) is 19.7 Å². The topological polar surface area (TPSA) is 64.5 Å². The zero-order valence-corrected chi connectivity index (χ0v) is 16.4. The third-order valence-corrected chi connectivity index (χ3v) is 4.77. The van der Waals surface area contributed by atoms with Gasteiger partial charge in [-0.3, -0.25) is 0 Å². The number of carbonyl (C=O) groups excluding carboxylic acids is 1. The summed E-state index contributed by atoms with van der Waals surface area (Å²) < 4.78 is 11.7. The second-order valence-corrected chi connectivity index (χ2v) is 7.89. The minimum Gasteiger partial charge on any atom is -0.476 e. The predicted octanol–water partition coefficient (Wildman–Crippen LogP) is 3.76. The van der Waals surface area contributed by atoms with E-state index in [2.05, 4.69) is 9.97 Å². The fourth-order valence-corrected chi connectivity index (χ4v) is 2.61. The second kappa shape index (κ2) is 7.83. The van der Waals surface area contributed by atoms with Crippen LogP contribution < -0.4 is 4.74 Å². The Hall–Kier alpha value is -0.830. The van der Waals surface area contributed by atoms with Gasteiger partial charge in [0.1, 0.15) is 9.30 Å². The van der Waals surface area contributed by atoms with Gasteiger partial charge in [-0.15, -0.1) is 0 Å². The highest BCUT2D eigenvalue weighted by Gasteiger charge is 2.27. The van der Waals surface area contributed by atoms with Crippen LogP contribution >= 0.6 is 34.2 Å². The van der Waals surface area contributed by atoms with Gasteiger partial charge in [-0.05, 0) is 62.1 Å². The van der Waals surface area contributed by atoms with Crippen LogP contribution in [0, 0.1) is 9.62 Å². The van der Waals surface area contributed by atoms with Gasteiger partial charge >= 0.3 is 6.09 Å². The third kappa shape index (κ3) is 5.95. The lowest BCUT2D eigenvalue weighted by Crippen LogP contribution is -2.42. The van der Waals surface area contributed by atoms with Crippen molar-refractivity contribution in [2.45, 2.75) is 39.2 Å². The summed E-state index contributed by atoms with van der Waals surface area (Å²) in [6.07, 6.45) is 3.09. The number of halogens is 2. The van der Waals surface area contributed by atoms with Crippen LogP contribution in [0.5, 0.6) is 5.88 Å². The molecular weight excluding hydrogens is 433 g/mol. The first-order valence-corrected chi connectivity index (χ1v) is 8.99. The van der Waals surface area contributed by atoms with Gasteiger partial charge in [-0.25, -0.2) is 9.78 Å². The summed E-state index contributed by atoms with van der Waals surface area (Å²) >= 11 is 7.94. The van der Waals surface area contributed by atoms with Gasteiger partial charge in [0.25, 0.3) is 0 Å². The number of rotatable bonds is 3. The number of ether oxygens (including phenoxy) is 2. The fourth-order valence-electron chi connectivity index (χ4n) is 2.22. The molecule has 8 heteroatoms. The molecule has 1 amide bonds. The molecule has 0 bridgehead atoms. The van der Waals surface area contributed by atoms with Crippen molar-refractivity contribution in [3.05, 3.63) is 15.1 Å². The molecule has 0 unspecified atom stereocenters. The minimum absolute atomic E-state index is 0.243. The molecule has 0 spiro atoms. The van der Waals surface area contributed by atoms with E-state index in [1.165, 1.54) is 0 Å². The van der Waals surface area contributed by atoms with Crippen molar-refractivity contribution in [3.8, 4) is 5.88 Å². The predicted molar refractivity (Wildman–Crippen MR) is 95.8 cm³/mol. The molecule has 6 nitrogen and oxygen atoms in total. The number of likely N-dealkylation sites (tertiary alicyclic amines) is 1. The highest BCUT2D eigenvalue weighted by atomic mass is 127. The Labute approximate surface area is 155 Å². The van der Waals surface area contributed by atoms with Crippen molar-refractivity contribution in [1.82, 2.24) is 14.9 Å². The Kier molecular flexibility index (Phi) is 6.30. The summed E-state index contributed by atoms with van der Waals surface area (Å²) in [4.78, 5) is 22.0. The van der Waals surface area contributed by atoms with Crippen molar-refractivity contribution in [2.24, 2.45) is 5.92 Å². The summed E-state index contributed by atoms with van der Waals surface area (Å²) in [6, 6.07) is 0. The molecule has 0 aliphatic carbocycles. The first-order chi connectivity index (χ1) is 10.7. The summed E-state index contributed by atoms with van der Waals surface area (Å²) in [5, 5.41) is 0.350. The molecule has 0 atom stereocenters. The molecule has 1 aliphatic rings. The Bertz CT molecular complexity index is 557. The van der Waals surface area contributed by atoms with Crippen LogP contribution in [0.2, 0.25) is 5.15 Å². The van der Waals surface area contributed by atoms with E-state index >= 15 is 0 Å². The minimum atomic E-state index is -0.459. The molecule has 1 fully saturated rings. The van der Waals surface area contributed by atoms with Crippen LogP contribution in [-0.2, 0) is 4.74 Å². The van der Waals surface area contributed by atoms with Crippen molar-refractivity contribution in [3.63, 3.8) is 0 Å². The SMILES string of the molecule is CC(C)(C)OC(=O)N1CCC(COc2cnc(I)c(Cl)n2)CC1. The highest BCUT2D eigenvalue weighted by Crippen LogP contribution is 2.22. The molecule has 0 saturated carbocycles. The molecule has 0 radical (unpaired) electrons. The molecular formula is C15H21ClIN3O3. The summed E-state index contributed by atoms with van der Waals surface area (Å²) in [7, 11) is 0. The van der Waals surface area contributed by atoms with Crippen molar-refractivity contribution in [1.29, 1.82) is 0 Å². The number of hydrogen-bond donors (Lipinski definition) is 0. The zero-order valence-electron chi connectivity index (χ0n) is 13.5. The van der Waals surface area contributed by atoms with E-state index in [0.29, 0.717) is 40.3 Å². The van der Waals surface area contributed by atoms with Crippen LogP contribution in [0.3, 0.4) is 0 Å². The number of amides is 1. The number of nitrogens with zero attached hydrogens (tertiary/aromatic N) is 3. The van der Waals surface area contributed by atoms with Gasteiger partial charge < -0.3 is 14.4 Å². The van der Waals surface area contributed by atoms with E-state index < -0.39 is 5.60 Å². The number of hydrogen-bond acceptors (Lipinski definition) is 5. The lowest BCUT2D eigenvalue weighted by Gasteiger charge is -2.33. The Morgan fingerprint density at radius 3 is 2.65 bits per heavy atom.